The Balaban J connectivity index is 2.94. The molecule has 1 N–H and O–H groups in total. The number of rotatable bonds is 2. The predicted molar refractivity (Wildman–Crippen MR) is 40.0 cm³/mol. The van der Waals surface area contributed by atoms with E-state index in [2.05, 4.69) is 2.81 Å². The molecule has 0 spiro atoms. The van der Waals surface area contributed by atoms with Gasteiger partial charge >= 0.3 is 80.8 Å². The van der Waals surface area contributed by atoms with Crippen LogP contribution in [-0.2, 0) is 5.63 Å². The van der Waals surface area contributed by atoms with Gasteiger partial charge in [-0.25, -0.2) is 0 Å². The molecule has 0 amide bonds. The zero-order chi connectivity index (χ0) is 8.97. The molecule has 4 nitrogen and oxygen atoms in total. The van der Waals surface area contributed by atoms with E-state index in [1.807, 2.05) is 0 Å². The molecule has 0 aliphatic carbocycles. The van der Waals surface area contributed by atoms with Crippen LogP contribution in [0.5, 0.6) is 5.75 Å². The van der Waals surface area contributed by atoms with E-state index < -0.39 is 29.6 Å². The van der Waals surface area contributed by atoms with E-state index in [0.717, 1.165) is 0 Å². The van der Waals surface area contributed by atoms with E-state index in [4.69, 9.17) is 5.11 Å². The quantitative estimate of drug-likeness (QED) is 0.780. The molecule has 0 bridgehead atoms. The zero-order valence-electron chi connectivity index (χ0n) is 5.93. The average Bonchev–Trinajstić information content (AvgIpc) is 2.05. The van der Waals surface area contributed by atoms with Crippen LogP contribution in [0, 0.1) is 0 Å². The summed E-state index contributed by atoms with van der Waals surface area (Å²) in [5.74, 6) is -0.878. The van der Waals surface area contributed by atoms with Gasteiger partial charge in [-0.1, -0.05) is 0 Å². The number of aromatic hydroxyl groups is 1. The van der Waals surface area contributed by atoms with E-state index in [0.29, 0.717) is 0 Å². The zero-order valence-corrected chi connectivity index (χ0v) is 9.41. The van der Waals surface area contributed by atoms with Crippen molar-refractivity contribution < 1.29 is 15.5 Å². The monoisotopic (exact) mass is 362 g/mol. The van der Waals surface area contributed by atoms with Crippen LogP contribution in [0.25, 0.3) is 0 Å². The average molecular weight is 362 g/mol. The third-order valence-electron chi connectivity index (χ3n) is 1.24. The van der Waals surface area contributed by atoms with E-state index in [1.54, 1.807) is 12.1 Å². The second-order valence-electron chi connectivity index (χ2n) is 1.97. The fraction of sp³-hybridized carbons (Fsp3) is 0. The first-order valence-electron chi connectivity index (χ1n) is 3.07. The van der Waals surface area contributed by atoms with Gasteiger partial charge in [0.1, 0.15) is 0 Å². The van der Waals surface area contributed by atoms with Crippen LogP contribution < -0.4 is 0 Å². The molecule has 12 heavy (non-hydrogen) atoms. The van der Waals surface area contributed by atoms with Gasteiger partial charge in [0, 0.05) is 0 Å². The third kappa shape index (κ3) is 2.08. The normalized spacial score (nSPS) is 9.00. The van der Waals surface area contributed by atoms with Crippen molar-refractivity contribution in [1.82, 2.24) is 0 Å². The standard InChI is InChI=1S/C7H6O3.Bi.O/c8-6-4-2-1-3-5(6)7(9)10;;/h1-4,8H,(H,9,10);;/q;+1;/p-1. The molecule has 0 saturated carbocycles. The number of hydrogen-bond acceptors (Lipinski definition) is 4. The molecule has 5 heteroatoms. The Bertz CT molecular complexity index is 310. The summed E-state index contributed by atoms with van der Waals surface area (Å²) in [7, 11) is 0. The van der Waals surface area contributed by atoms with Gasteiger partial charge in [0.05, 0.1) is 0 Å². The predicted octanol–water partition coefficient (Wildman–Crippen LogP) is 0.514. The Kier molecular flexibility index (Phi) is 3.29. The van der Waals surface area contributed by atoms with Crippen LogP contribution in [0.2, 0.25) is 0 Å². The maximum absolute atomic E-state index is 10.9. The molecule has 0 atom stereocenters. The molecule has 0 radical (unpaired) electrons. The molecule has 62 valence electrons. The number of benzene rings is 1. The van der Waals surface area contributed by atoms with Gasteiger partial charge in [-0.15, -0.1) is 0 Å². The van der Waals surface area contributed by atoms with Crippen LogP contribution in [0.3, 0.4) is 0 Å². The minimum absolute atomic E-state index is 0.0529. The summed E-state index contributed by atoms with van der Waals surface area (Å²) in [4.78, 5) is 10.9. The van der Waals surface area contributed by atoms with Crippen LogP contribution in [0.15, 0.2) is 24.3 Å². The fourth-order valence-corrected chi connectivity index (χ4v) is 1.37. The Morgan fingerprint density at radius 3 is 2.67 bits per heavy atom. The Morgan fingerprint density at radius 2 is 2.08 bits per heavy atom. The van der Waals surface area contributed by atoms with E-state index in [-0.39, 0.29) is 11.3 Å². The summed E-state index contributed by atoms with van der Waals surface area (Å²) in [5, 5.41) is 9.12. The topological polar surface area (TPSA) is 63.6 Å². The first kappa shape index (κ1) is 9.26. The summed E-state index contributed by atoms with van der Waals surface area (Å²) in [5.41, 5.74) is 0.0529. The second kappa shape index (κ2) is 4.26. The molecule has 0 aliphatic heterocycles. The van der Waals surface area contributed by atoms with Crippen LogP contribution in [0.1, 0.15) is 10.4 Å². The third-order valence-corrected chi connectivity index (χ3v) is 2.18. The summed E-state index contributed by atoms with van der Waals surface area (Å²) in [6, 6.07) is 5.96. The van der Waals surface area contributed by atoms with Gasteiger partial charge in [-0.05, 0) is 0 Å². The fourth-order valence-electron chi connectivity index (χ4n) is 0.729. The molecule has 1 rings (SSSR count). The molecule has 0 aromatic heterocycles. The van der Waals surface area contributed by atoms with Crippen molar-refractivity contribution in [2.75, 3.05) is 0 Å². The van der Waals surface area contributed by atoms with Crippen LogP contribution >= 0.6 is 0 Å². The van der Waals surface area contributed by atoms with Gasteiger partial charge in [0.15, 0.2) is 0 Å². The summed E-state index contributed by atoms with van der Waals surface area (Å²) < 4.78 is 14.4. The van der Waals surface area contributed by atoms with Crippen molar-refractivity contribution in [3.05, 3.63) is 29.8 Å². The Hall–Kier alpha value is -0.827. The number of hydrogen-bond donors (Lipinski definition) is 1. The first-order valence-corrected chi connectivity index (χ1v) is 5.91. The SMILES string of the molecule is [O]=[Bi][O]C(=O)c1ccccc1O. The second-order valence-corrected chi connectivity index (χ2v) is 3.26. The van der Waals surface area contributed by atoms with Crippen molar-refractivity contribution in [2.45, 2.75) is 0 Å². The van der Waals surface area contributed by atoms with Crippen molar-refractivity contribution in [2.24, 2.45) is 0 Å². The minimum atomic E-state index is -2.32. The van der Waals surface area contributed by atoms with Crippen molar-refractivity contribution in [3.63, 3.8) is 0 Å². The number of carbonyl (C=O) groups is 1. The first-order chi connectivity index (χ1) is 5.75. The van der Waals surface area contributed by atoms with Gasteiger partial charge < -0.3 is 0 Å². The molecule has 0 heterocycles. The summed E-state index contributed by atoms with van der Waals surface area (Å²) in [6.45, 7) is 0. The van der Waals surface area contributed by atoms with E-state index >= 15 is 0 Å². The number of phenolic OH excluding ortho intramolecular Hbond substituents is 1. The van der Waals surface area contributed by atoms with Gasteiger partial charge in [-0.3, -0.25) is 0 Å². The number of carbonyl (C=O) groups excluding carboxylic acids is 1. The van der Waals surface area contributed by atoms with Crippen molar-refractivity contribution >= 4 is 29.6 Å². The summed E-state index contributed by atoms with van der Waals surface area (Å²) in [6.07, 6.45) is 0. The van der Waals surface area contributed by atoms with Gasteiger partial charge in [-0.2, -0.15) is 0 Å². The molecule has 0 fully saturated rings. The number of para-hydroxylation sites is 1. The van der Waals surface area contributed by atoms with E-state index in [9.17, 15) is 7.61 Å². The molecular weight excluding hydrogens is 357 g/mol. The molecule has 0 unspecified atom stereocenters. The van der Waals surface area contributed by atoms with Gasteiger partial charge in [0.25, 0.3) is 0 Å². The molecule has 1 aromatic carbocycles. The molecular formula is C7H5BiO4. The molecule has 1 aromatic rings. The molecule has 0 aliphatic rings. The van der Waals surface area contributed by atoms with Crippen molar-refractivity contribution in [1.29, 1.82) is 0 Å². The number of phenols is 1. The summed E-state index contributed by atoms with van der Waals surface area (Å²) >= 11 is -2.32. The molecule has 0 saturated heterocycles. The Labute approximate surface area is 80.8 Å². The van der Waals surface area contributed by atoms with Crippen LogP contribution in [-0.4, -0.2) is 34.8 Å². The van der Waals surface area contributed by atoms with Crippen molar-refractivity contribution in [3.8, 4) is 5.75 Å². The van der Waals surface area contributed by atoms with Crippen LogP contribution in [0.4, 0.5) is 0 Å². The Morgan fingerprint density at radius 1 is 1.42 bits per heavy atom. The van der Waals surface area contributed by atoms with E-state index in [1.165, 1.54) is 12.1 Å². The maximum atomic E-state index is 10.9. The van der Waals surface area contributed by atoms with Gasteiger partial charge in [0.2, 0.25) is 0 Å².